The smallest absolute Gasteiger partial charge is 0.341 e. The number of amides is 1. The Morgan fingerprint density at radius 3 is 2.68 bits per heavy atom. The molecule has 154 valence electrons. The molecule has 1 aromatic rings. The number of nitrogens with zero attached hydrogens (tertiary/aromatic N) is 3. The lowest BCUT2D eigenvalue weighted by molar-refractivity contribution is -0.0103. The van der Waals surface area contributed by atoms with Crippen LogP contribution in [0, 0.1) is 0 Å². The number of aromatic nitrogens is 1. The number of carbonyl (C=O) groups excluding carboxylic acids is 1. The number of carboxylic acid groups (broad SMARTS) is 1. The fraction of sp³-hybridized carbons (Fsp3) is 0.562. The predicted octanol–water partition coefficient (Wildman–Crippen LogP) is -1.32. The van der Waals surface area contributed by atoms with E-state index in [1.54, 1.807) is 4.90 Å². The van der Waals surface area contributed by atoms with E-state index in [9.17, 15) is 27.9 Å². The highest BCUT2D eigenvalue weighted by molar-refractivity contribution is 7.88. The molecule has 0 radical (unpaired) electrons. The lowest BCUT2D eigenvalue weighted by atomic mass is 10.1. The zero-order valence-electron chi connectivity index (χ0n) is 15.3. The minimum absolute atomic E-state index is 0.202. The summed E-state index contributed by atoms with van der Waals surface area (Å²) in [7, 11) is -3.27. The number of nitrogens with one attached hydrogen (secondary N) is 1. The Labute approximate surface area is 161 Å². The van der Waals surface area contributed by atoms with Crippen LogP contribution in [0.15, 0.2) is 11.0 Å². The summed E-state index contributed by atoms with van der Waals surface area (Å²) in [6.45, 7) is 2.15. The Kier molecular flexibility index (Phi) is 5.46. The van der Waals surface area contributed by atoms with E-state index in [1.807, 2.05) is 4.90 Å². The molecule has 1 amide bonds. The second kappa shape index (κ2) is 7.53. The topological polar surface area (TPSA) is 149 Å². The molecule has 1 aromatic heterocycles. The van der Waals surface area contributed by atoms with Gasteiger partial charge < -0.3 is 19.7 Å². The molecule has 2 aliphatic heterocycles. The van der Waals surface area contributed by atoms with Gasteiger partial charge in [0.15, 0.2) is 11.4 Å². The van der Waals surface area contributed by atoms with E-state index in [4.69, 9.17) is 5.11 Å². The summed E-state index contributed by atoms with van der Waals surface area (Å²) in [5.41, 5.74) is -1.87. The van der Waals surface area contributed by atoms with Crippen LogP contribution in [0.1, 0.15) is 33.7 Å². The molecule has 2 aliphatic rings. The minimum atomic E-state index is -3.27. The van der Waals surface area contributed by atoms with Gasteiger partial charge in [-0.1, -0.05) is 0 Å². The molecule has 12 heteroatoms. The fourth-order valence-electron chi connectivity index (χ4n) is 3.67. The van der Waals surface area contributed by atoms with Crippen LogP contribution >= 0.6 is 0 Å². The predicted molar refractivity (Wildman–Crippen MR) is 97.8 cm³/mol. The van der Waals surface area contributed by atoms with Gasteiger partial charge in [-0.05, 0) is 12.8 Å². The SMILES string of the molecule is CS(=O)(=O)NCCCN1CCCN2C(=O)c3c(O)c(=O)c(C(=O)O)cn3CC12. The van der Waals surface area contributed by atoms with Gasteiger partial charge in [0.25, 0.3) is 5.91 Å². The second-order valence-electron chi connectivity index (χ2n) is 6.92. The Morgan fingerprint density at radius 1 is 1.32 bits per heavy atom. The number of pyridine rings is 1. The van der Waals surface area contributed by atoms with Crippen molar-refractivity contribution in [2.75, 3.05) is 32.4 Å². The van der Waals surface area contributed by atoms with Crippen molar-refractivity contribution < 1.29 is 28.2 Å². The molecule has 0 aromatic carbocycles. The number of hydrogen-bond acceptors (Lipinski definition) is 7. The summed E-state index contributed by atoms with van der Waals surface area (Å²) in [5.74, 6) is -2.85. The van der Waals surface area contributed by atoms with E-state index >= 15 is 0 Å². The van der Waals surface area contributed by atoms with Gasteiger partial charge in [0.1, 0.15) is 11.7 Å². The third-order valence-corrected chi connectivity index (χ3v) is 5.65. The Morgan fingerprint density at radius 2 is 2.04 bits per heavy atom. The van der Waals surface area contributed by atoms with Crippen LogP contribution in [0.25, 0.3) is 0 Å². The van der Waals surface area contributed by atoms with Gasteiger partial charge in [-0.15, -0.1) is 0 Å². The van der Waals surface area contributed by atoms with Gasteiger partial charge in [0, 0.05) is 32.4 Å². The summed E-state index contributed by atoms with van der Waals surface area (Å²) in [6.07, 6.45) is 3.04. The number of aromatic carboxylic acids is 1. The fourth-order valence-corrected chi connectivity index (χ4v) is 4.19. The van der Waals surface area contributed by atoms with Crippen LogP contribution in [-0.2, 0) is 16.6 Å². The molecule has 0 saturated carbocycles. The normalized spacial score (nSPS) is 20.0. The average Bonchev–Trinajstić information content (AvgIpc) is 2.61. The van der Waals surface area contributed by atoms with Crippen molar-refractivity contribution in [2.24, 2.45) is 0 Å². The number of aromatic hydroxyl groups is 1. The molecule has 1 atom stereocenters. The van der Waals surface area contributed by atoms with Crippen LogP contribution in [0.5, 0.6) is 5.75 Å². The molecule has 1 unspecified atom stereocenters. The maximum Gasteiger partial charge on any atom is 0.341 e. The molecule has 1 saturated heterocycles. The number of sulfonamides is 1. The van der Waals surface area contributed by atoms with Crippen LogP contribution < -0.4 is 10.2 Å². The van der Waals surface area contributed by atoms with Crippen molar-refractivity contribution in [2.45, 2.75) is 25.6 Å². The number of fused-ring (bicyclic) bond motifs is 2. The lowest BCUT2D eigenvalue weighted by Gasteiger charge is -2.47. The van der Waals surface area contributed by atoms with E-state index in [-0.39, 0.29) is 24.9 Å². The number of rotatable bonds is 6. The highest BCUT2D eigenvalue weighted by atomic mass is 32.2. The molecular formula is C16H22N4O7S. The lowest BCUT2D eigenvalue weighted by Crippen LogP contribution is -2.61. The molecule has 0 aliphatic carbocycles. The monoisotopic (exact) mass is 414 g/mol. The van der Waals surface area contributed by atoms with Gasteiger partial charge in [-0.2, -0.15) is 0 Å². The largest absolute Gasteiger partial charge is 0.503 e. The average molecular weight is 414 g/mol. The van der Waals surface area contributed by atoms with Crippen molar-refractivity contribution in [1.82, 2.24) is 19.1 Å². The van der Waals surface area contributed by atoms with Crippen LogP contribution in [0.2, 0.25) is 0 Å². The quantitative estimate of drug-likeness (QED) is 0.485. The second-order valence-corrected chi connectivity index (χ2v) is 8.75. The highest BCUT2D eigenvalue weighted by Gasteiger charge is 2.40. The van der Waals surface area contributed by atoms with E-state index < -0.39 is 38.6 Å². The molecular weight excluding hydrogens is 392 g/mol. The maximum atomic E-state index is 12.9. The molecule has 0 spiro atoms. The summed E-state index contributed by atoms with van der Waals surface area (Å²) in [6, 6.07) is 0. The number of carboxylic acids is 1. The first-order chi connectivity index (χ1) is 13.1. The standard InChI is InChI=1S/C16H22N4O7S/c1-28(26,27)17-4-2-5-18-6-3-7-20-11(18)9-19-8-10(16(24)25)13(21)14(22)12(19)15(20)23/h8,11,17,22H,2-7,9H2,1H3,(H,24,25). The van der Waals surface area contributed by atoms with Crippen molar-refractivity contribution in [3.05, 3.63) is 27.7 Å². The first-order valence-corrected chi connectivity index (χ1v) is 10.7. The first-order valence-electron chi connectivity index (χ1n) is 8.79. The van der Waals surface area contributed by atoms with Gasteiger partial charge in [-0.25, -0.2) is 17.9 Å². The van der Waals surface area contributed by atoms with Gasteiger partial charge >= 0.3 is 5.97 Å². The Balaban J connectivity index is 1.84. The molecule has 1 fully saturated rings. The first kappa shape index (κ1) is 20.3. The summed E-state index contributed by atoms with van der Waals surface area (Å²) in [4.78, 5) is 39.7. The Bertz CT molecular complexity index is 972. The molecule has 28 heavy (non-hydrogen) atoms. The molecule has 0 bridgehead atoms. The maximum absolute atomic E-state index is 12.9. The molecule has 3 rings (SSSR count). The van der Waals surface area contributed by atoms with Crippen molar-refractivity contribution in [3.8, 4) is 5.75 Å². The summed E-state index contributed by atoms with van der Waals surface area (Å²) in [5, 5.41) is 19.3. The number of carbonyl (C=O) groups is 2. The summed E-state index contributed by atoms with van der Waals surface area (Å²) < 4.78 is 26.1. The van der Waals surface area contributed by atoms with Crippen molar-refractivity contribution >= 4 is 21.9 Å². The Hall–Kier alpha value is -2.44. The zero-order chi connectivity index (χ0) is 20.6. The van der Waals surface area contributed by atoms with E-state index in [0.717, 1.165) is 12.5 Å². The van der Waals surface area contributed by atoms with Gasteiger partial charge in [0.2, 0.25) is 15.5 Å². The van der Waals surface area contributed by atoms with Gasteiger partial charge in [-0.3, -0.25) is 14.5 Å². The molecule has 11 nitrogen and oxygen atoms in total. The number of hydrogen-bond donors (Lipinski definition) is 3. The third kappa shape index (κ3) is 3.88. The van der Waals surface area contributed by atoms with Crippen molar-refractivity contribution in [3.63, 3.8) is 0 Å². The third-order valence-electron chi connectivity index (χ3n) is 4.92. The van der Waals surface area contributed by atoms with E-state index in [0.29, 0.717) is 32.5 Å². The minimum Gasteiger partial charge on any atom is -0.503 e. The highest BCUT2D eigenvalue weighted by Crippen LogP contribution is 2.27. The van der Waals surface area contributed by atoms with Crippen LogP contribution in [-0.4, -0.2) is 83.5 Å². The molecule has 3 heterocycles. The van der Waals surface area contributed by atoms with Crippen molar-refractivity contribution in [1.29, 1.82) is 0 Å². The summed E-state index contributed by atoms with van der Waals surface area (Å²) >= 11 is 0. The van der Waals surface area contributed by atoms with Crippen LogP contribution in [0.4, 0.5) is 0 Å². The van der Waals surface area contributed by atoms with E-state index in [2.05, 4.69) is 4.72 Å². The van der Waals surface area contributed by atoms with Crippen LogP contribution in [0.3, 0.4) is 0 Å². The molecule has 3 N–H and O–H groups in total. The van der Waals surface area contributed by atoms with Gasteiger partial charge in [0.05, 0.1) is 12.8 Å². The zero-order valence-corrected chi connectivity index (χ0v) is 16.1. The van der Waals surface area contributed by atoms with E-state index in [1.165, 1.54) is 4.57 Å².